The Balaban J connectivity index is 0.00000637. The first-order valence-electron chi connectivity index (χ1n) is 27.6. The predicted octanol–water partition coefficient (Wildman–Crippen LogP) is 13.7. The monoisotopic (exact) mass is 1230 g/mol. The summed E-state index contributed by atoms with van der Waals surface area (Å²) in [5.41, 5.74) is 23.7. The number of hydrogen-bond donors (Lipinski definition) is 0. The Hall–Kier alpha value is -7.83. The normalized spacial score (nSPS) is 12.7. The third-order valence-electron chi connectivity index (χ3n) is 16.7. The van der Waals surface area contributed by atoms with Gasteiger partial charge in [-0.3, -0.25) is 4.57 Å². The van der Waals surface area contributed by atoms with Crippen LogP contribution in [0.1, 0.15) is 59.7 Å². The van der Waals surface area contributed by atoms with Gasteiger partial charge in [0.25, 0.3) is 6.33 Å². The minimum atomic E-state index is -2.27. The average molecular weight is 1230 g/mol. The van der Waals surface area contributed by atoms with Gasteiger partial charge in [-0.05, 0) is 104 Å². The van der Waals surface area contributed by atoms with Crippen LogP contribution in [0.4, 0.5) is 0 Å². The predicted molar refractivity (Wildman–Crippen MR) is 332 cm³/mol. The van der Waals surface area contributed by atoms with Gasteiger partial charge in [0.15, 0.2) is 0 Å². The van der Waals surface area contributed by atoms with Crippen LogP contribution in [0.3, 0.4) is 0 Å². The molecule has 0 spiro atoms. The molecule has 0 aliphatic carbocycles. The number of rotatable bonds is 9. The number of ether oxygens (including phenoxy) is 1. The van der Waals surface area contributed by atoms with Gasteiger partial charge in [0.1, 0.15) is 5.82 Å². The first-order chi connectivity index (χ1) is 38.0. The van der Waals surface area contributed by atoms with E-state index in [1.165, 1.54) is 65.7 Å². The standard InChI is InChI=1S/C72H63BN4OSi.Pt/c1-45-36-47(3)68(48(4)37-45)73(69-49(5)38-46(2)39-50(69)6)54-28-32-61-60(41-54)59-31-29-55(42-63(59)77(61)67-40-53(34-35-74-67)72(7,8)9)78-56-30-33-65-64(43-56)76-44-75(62-26-19-27-66(71(62)76)79(65,10)11)70-57(51-20-14-12-15-21-51)24-18-25-58(70)52-22-16-13-17-23-52;/h12-41H,1-11H3;/q-2;. The molecule has 13 rings (SSSR count). The molecular formula is C72H63BN4OPtSi-2. The number of hydrogen-bond acceptors (Lipinski definition) is 2. The van der Waals surface area contributed by atoms with Crippen molar-refractivity contribution in [1.82, 2.24) is 14.1 Å². The average Bonchev–Trinajstić information content (AvgIpc) is 4.04. The van der Waals surface area contributed by atoms with E-state index >= 15 is 0 Å². The number of aryl methyl sites for hydroxylation is 6. The fourth-order valence-electron chi connectivity index (χ4n) is 13.1. The summed E-state index contributed by atoms with van der Waals surface area (Å²) in [7, 11) is -2.27. The van der Waals surface area contributed by atoms with Gasteiger partial charge in [0.2, 0.25) is 6.71 Å². The summed E-state index contributed by atoms with van der Waals surface area (Å²) in [5, 5.41) is 4.87. The van der Waals surface area contributed by atoms with Gasteiger partial charge in [-0.2, -0.15) is 12.1 Å². The SMILES string of the molecule is Cc1cc(C)c(B(c2ccc3c(c2)c2ccc(Oc4[c-]c5c(cc4)[Si](C)(C)c4cccc6c4n-5[c-][n+]6-c4c(-c5ccccc5)cccc4-c4ccccc4)[c-]c2n3-c2cc(C(C)(C)C)ccn2)c2c(C)cc(C)cc2C)c(C)c1.[Pt]. The van der Waals surface area contributed by atoms with Crippen molar-refractivity contribution in [2.45, 2.75) is 80.8 Å². The molecule has 9 aromatic carbocycles. The van der Waals surface area contributed by atoms with Crippen molar-refractivity contribution in [1.29, 1.82) is 0 Å². The van der Waals surface area contributed by atoms with Gasteiger partial charge in [0, 0.05) is 52.4 Å². The Morgan fingerprint density at radius 3 is 1.77 bits per heavy atom. The minimum Gasteiger partial charge on any atom is -0.510 e. The maximum absolute atomic E-state index is 7.00. The van der Waals surface area contributed by atoms with E-state index in [9.17, 15) is 0 Å². The Bertz CT molecular complexity index is 4270. The van der Waals surface area contributed by atoms with Crippen molar-refractivity contribution in [3.63, 3.8) is 0 Å². The Labute approximate surface area is 486 Å². The van der Waals surface area contributed by atoms with Crippen molar-refractivity contribution < 1.29 is 30.4 Å². The molecule has 8 heteroatoms. The zero-order chi connectivity index (χ0) is 54.6. The van der Waals surface area contributed by atoms with Crippen LogP contribution in [0.15, 0.2) is 182 Å². The Kier molecular flexibility index (Phi) is 13.3. The van der Waals surface area contributed by atoms with Gasteiger partial charge >= 0.3 is 0 Å². The fraction of sp³-hybridized carbons (Fsp3) is 0.167. The number of imidazole rings is 1. The molecule has 0 saturated heterocycles. The minimum absolute atomic E-state index is 0. The number of fused-ring (bicyclic) bond motifs is 5. The van der Waals surface area contributed by atoms with Crippen LogP contribution >= 0.6 is 0 Å². The van der Waals surface area contributed by atoms with Gasteiger partial charge in [0.05, 0.1) is 16.7 Å². The Morgan fingerprint density at radius 2 is 1.16 bits per heavy atom. The first-order valence-corrected chi connectivity index (χ1v) is 30.6. The topological polar surface area (TPSA) is 35.9 Å². The number of benzene rings is 9. The maximum atomic E-state index is 7.00. The molecule has 0 amide bonds. The molecule has 0 bridgehead atoms. The number of nitrogens with zero attached hydrogens (tertiary/aromatic N) is 4. The third-order valence-corrected chi connectivity index (χ3v) is 20.2. The maximum Gasteiger partial charge on any atom is 0.268 e. The molecule has 0 N–H and O–H groups in total. The molecule has 1 aliphatic rings. The summed E-state index contributed by atoms with van der Waals surface area (Å²) < 4.78 is 13.8. The van der Waals surface area contributed by atoms with Crippen LogP contribution in [-0.2, 0) is 26.5 Å². The molecule has 0 fully saturated rings. The van der Waals surface area contributed by atoms with E-state index < -0.39 is 8.07 Å². The summed E-state index contributed by atoms with van der Waals surface area (Å²) in [6.45, 7) is 25.2. The third kappa shape index (κ3) is 8.81. The summed E-state index contributed by atoms with van der Waals surface area (Å²) in [4.78, 5) is 5.08. The second-order valence-corrected chi connectivity index (χ2v) is 27.9. The zero-order valence-corrected chi connectivity index (χ0v) is 50.7. The zero-order valence-electron chi connectivity index (χ0n) is 47.4. The largest absolute Gasteiger partial charge is 0.510 e. The van der Waals surface area contributed by atoms with Gasteiger partial charge in [-0.1, -0.05) is 228 Å². The van der Waals surface area contributed by atoms with E-state index in [2.05, 4.69) is 283 Å². The van der Waals surface area contributed by atoms with Crippen molar-refractivity contribution in [2.75, 3.05) is 0 Å². The molecule has 12 aromatic rings. The van der Waals surface area contributed by atoms with E-state index in [1.807, 2.05) is 6.20 Å². The molecule has 3 aromatic heterocycles. The van der Waals surface area contributed by atoms with Crippen LogP contribution in [-0.4, -0.2) is 28.9 Å². The van der Waals surface area contributed by atoms with E-state index in [0.717, 1.165) is 72.3 Å². The van der Waals surface area contributed by atoms with Crippen molar-refractivity contribution in [3.05, 3.63) is 240 Å². The quantitative estimate of drug-likeness (QED) is 0.0820. The van der Waals surface area contributed by atoms with E-state index in [1.54, 1.807) is 0 Å². The fourth-order valence-corrected chi connectivity index (χ4v) is 16.0. The molecule has 0 atom stereocenters. The summed E-state index contributed by atoms with van der Waals surface area (Å²) in [5.74, 6) is 2.06. The molecule has 0 saturated carbocycles. The van der Waals surface area contributed by atoms with Crippen molar-refractivity contribution in [2.24, 2.45) is 0 Å². The van der Waals surface area contributed by atoms with Crippen LogP contribution in [0.2, 0.25) is 13.1 Å². The molecular weight excluding hydrogens is 1170 g/mol. The van der Waals surface area contributed by atoms with Gasteiger partial charge in [-0.15, -0.1) is 34.8 Å². The first kappa shape index (κ1) is 52.8. The van der Waals surface area contributed by atoms with Crippen LogP contribution in [0.5, 0.6) is 11.5 Å². The van der Waals surface area contributed by atoms with Gasteiger partial charge < -0.3 is 13.9 Å². The molecule has 5 nitrogen and oxygen atoms in total. The van der Waals surface area contributed by atoms with E-state index in [4.69, 9.17) is 9.72 Å². The number of pyridine rings is 1. The second-order valence-electron chi connectivity index (χ2n) is 23.6. The van der Waals surface area contributed by atoms with Crippen molar-refractivity contribution in [3.8, 4) is 50.9 Å². The Morgan fingerprint density at radius 1 is 0.575 bits per heavy atom. The smallest absolute Gasteiger partial charge is 0.268 e. The molecule has 80 heavy (non-hydrogen) atoms. The summed E-state index contributed by atoms with van der Waals surface area (Å²) in [6.07, 6.45) is 5.88. The molecule has 4 heterocycles. The summed E-state index contributed by atoms with van der Waals surface area (Å²) >= 11 is 0. The molecule has 0 unspecified atom stereocenters. The van der Waals surface area contributed by atoms with Crippen LogP contribution in [0, 0.1) is 60.0 Å². The number of aromatic nitrogens is 4. The van der Waals surface area contributed by atoms with Gasteiger partial charge in [-0.25, -0.2) is 4.98 Å². The molecule has 396 valence electrons. The summed E-state index contributed by atoms with van der Waals surface area (Å²) in [6, 6.07) is 71.9. The van der Waals surface area contributed by atoms with E-state index in [-0.39, 0.29) is 33.2 Å². The van der Waals surface area contributed by atoms with E-state index in [0.29, 0.717) is 11.5 Å². The molecule has 1 aliphatic heterocycles. The van der Waals surface area contributed by atoms with Crippen molar-refractivity contribution >= 4 is 74.4 Å². The molecule has 0 radical (unpaired) electrons. The van der Waals surface area contributed by atoms with Crippen LogP contribution < -0.4 is 36.1 Å². The number of para-hydroxylation sites is 2. The van der Waals surface area contributed by atoms with Crippen LogP contribution in [0.25, 0.3) is 72.3 Å². The second kappa shape index (κ2) is 20.1.